The van der Waals surface area contributed by atoms with Crippen LogP contribution in [-0.2, 0) is 24.2 Å². The summed E-state index contributed by atoms with van der Waals surface area (Å²) in [4.78, 5) is 32.7. The molecule has 3 heterocycles. The first-order valence-electron chi connectivity index (χ1n) is 10.3. The number of hydrogen-bond acceptors (Lipinski definition) is 7. The summed E-state index contributed by atoms with van der Waals surface area (Å²) in [6.07, 6.45) is 5.18. The topological polar surface area (TPSA) is 90.0 Å². The number of fused-ring (bicyclic) bond motifs is 3. The number of amides is 1. The smallest absolute Gasteiger partial charge is 0.263 e. The van der Waals surface area contributed by atoms with Gasteiger partial charge in [0, 0.05) is 17.5 Å². The summed E-state index contributed by atoms with van der Waals surface area (Å²) in [5.41, 5.74) is 1.24. The molecule has 3 aromatic heterocycles. The van der Waals surface area contributed by atoms with Gasteiger partial charge in [-0.05, 0) is 50.5 Å². The third-order valence-corrected chi connectivity index (χ3v) is 7.36. The van der Waals surface area contributed by atoms with Crippen LogP contribution < -0.4 is 10.9 Å². The minimum atomic E-state index is -0.205. The maximum atomic E-state index is 13.4. The molecule has 30 heavy (non-hydrogen) atoms. The third kappa shape index (κ3) is 4.46. The highest BCUT2D eigenvalue weighted by atomic mass is 32.2. The zero-order valence-electron chi connectivity index (χ0n) is 17.5. The molecule has 4 rings (SSSR count). The van der Waals surface area contributed by atoms with E-state index in [0.29, 0.717) is 29.2 Å². The van der Waals surface area contributed by atoms with Gasteiger partial charge in [-0.1, -0.05) is 30.8 Å². The summed E-state index contributed by atoms with van der Waals surface area (Å²) in [6, 6.07) is 1.67. The molecule has 0 aliphatic heterocycles. The molecule has 9 heteroatoms. The highest BCUT2D eigenvalue weighted by Gasteiger charge is 2.22. The van der Waals surface area contributed by atoms with Crippen LogP contribution in [0.25, 0.3) is 10.2 Å². The molecule has 0 radical (unpaired) electrons. The predicted molar refractivity (Wildman–Crippen MR) is 121 cm³/mol. The highest BCUT2D eigenvalue weighted by Crippen LogP contribution is 2.34. The first-order chi connectivity index (χ1) is 14.4. The molecule has 0 bridgehead atoms. The van der Waals surface area contributed by atoms with E-state index >= 15 is 0 Å². The number of thiophene rings is 1. The minimum absolute atomic E-state index is 0.0371. The molecular formula is C21H26N4O3S2. The van der Waals surface area contributed by atoms with Crippen molar-refractivity contribution in [2.45, 2.75) is 64.6 Å². The Morgan fingerprint density at radius 1 is 1.37 bits per heavy atom. The Labute approximate surface area is 183 Å². The van der Waals surface area contributed by atoms with Crippen molar-refractivity contribution in [2.24, 2.45) is 5.92 Å². The maximum absolute atomic E-state index is 13.4. The summed E-state index contributed by atoms with van der Waals surface area (Å²) in [6.45, 7) is 6.66. The monoisotopic (exact) mass is 446 g/mol. The van der Waals surface area contributed by atoms with Crippen molar-refractivity contribution < 1.29 is 9.32 Å². The van der Waals surface area contributed by atoms with Crippen molar-refractivity contribution in [2.75, 3.05) is 11.1 Å². The van der Waals surface area contributed by atoms with Gasteiger partial charge in [0.25, 0.3) is 5.56 Å². The summed E-state index contributed by atoms with van der Waals surface area (Å²) >= 11 is 2.94. The van der Waals surface area contributed by atoms with E-state index in [-0.39, 0.29) is 17.2 Å². The van der Waals surface area contributed by atoms with E-state index in [2.05, 4.69) is 24.3 Å². The lowest BCUT2D eigenvalue weighted by Gasteiger charge is -2.14. The van der Waals surface area contributed by atoms with Crippen LogP contribution in [-0.4, -0.2) is 26.4 Å². The molecule has 0 atom stereocenters. The molecule has 3 aromatic rings. The zero-order chi connectivity index (χ0) is 21.3. The number of aromatic nitrogens is 3. The van der Waals surface area contributed by atoms with Gasteiger partial charge in [0.15, 0.2) is 11.0 Å². The SMILES string of the molecule is Cc1cc(NC(=O)CSc2nc3sc4c(c3c(=O)n2CCC(C)C)CCCC4)no1. The highest BCUT2D eigenvalue weighted by molar-refractivity contribution is 7.99. The lowest BCUT2D eigenvalue weighted by Crippen LogP contribution is -2.25. The Morgan fingerprint density at radius 3 is 2.90 bits per heavy atom. The number of carbonyl (C=O) groups is 1. The number of nitrogens with zero attached hydrogens (tertiary/aromatic N) is 3. The maximum Gasteiger partial charge on any atom is 0.263 e. The van der Waals surface area contributed by atoms with Gasteiger partial charge in [-0.25, -0.2) is 4.98 Å². The third-order valence-electron chi connectivity index (χ3n) is 5.20. The Hall–Kier alpha value is -2.13. The number of rotatable bonds is 7. The van der Waals surface area contributed by atoms with Crippen molar-refractivity contribution in [1.29, 1.82) is 0 Å². The van der Waals surface area contributed by atoms with Crippen molar-refractivity contribution in [3.63, 3.8) is 0 Å². The Morgan fingerprint density at radius 2 is 2.17 bits per heavy atom. The minimum Gasteiger partial charge on any atom is -0.360 e. The van der Waals surface area contributed by atoms with Crippen molar-refractivity contribution in [3.05, 3.63) is 32.6 Å². The van der Waals surface area contributed by atoms with Crippen molar-refractivity contribution in [1.82, 2.24) is 14.7 Å². The van der Waals surface area contributed by atoms with E-state index in [0.717, 1.165) is 35.9 Å². The molecule has 0 unspecified atom stereocenters. The predicted octanol–water partition coefficient (Wildman–Crippen LogP) is 4.41. The molecule has 0 fully saturated rings. The second kappa shape index (κ2) is 8.93. The number of carbonyl (C=O) groups excluding carboxylic acids is 1. The molecule has 0 aromatic carbocycles. The Balaban J connectivity index is 1.62. The normalized spacial score (nSPS) is 13.7. The summed E-state index contributed by atoms with van der Waals surface area (Å²) in [5.74, 6) is 1.44. The molecule has 1 N–H and O–H groups in total. The summed E-state index contributed by atoms with van der Waals surface area (Å²) < 4.78 is 6.74. The lowest BCUT2D eigenvalue weighted by atomic mass is 9.97. The van der Waals surface area contributed by atoms with Gasteiger partial charge in [0.1, 0.15) is 10.6 Å². The van der Waals surface area contributed by atoms with E-state index < -0.39 is 0 Å². The summed E-state index contributed by atoms with van der Waals surface area (Å²) in [7, 11) is 0. The fraction of sp³-hybridized carbons (Fsp3) is 0.524. The number of aryl methyl sites for hydroxylation is 3. The van der Waals surface area contributed by atoms with Crippen LogP contribution >= 0.6 is 23.1 Å². The average molecular weight is 447 g/mol. The Bertz CT molecular complexity index is 1130. The van der Waals surface area contributed by atoms with Crippen LogP contribution in [0.5, 0.6) is 0 Å². The van der Waals surface area contributed by atoms with Gasteiger partial charge in [0.05, 0.1) is 11.1 Å². The zero-order valence-corrected chi connectivity index (χ0v) is 19.1. The largest absolute Gasteiger partial charge is 0.360 e. The van der Waals surface area contributed by atoms with E-state index in [1.807, 2.05) is 0 Å². The summed E-state index contributed by atoms with van der Waals surface area (Å²) in [5, 5.41) is 7.91. The van der Waals surface area contributed by atoms with Gasteiger partial charge >= 0.3 is 0 Å². The second-order valence-electron chi connectivity index (χ2n) is 8.08. The van der Waals surface area contributed by atoms with Crippen LogP contribution in [0.2, 0.25) is 0 Å². The van der Waals surface area contributed by atoms with E-state index in [4.69, 9.17) is 9.51 Å². The quantitative estimate of drug-likeness (QED) is 0.427. The first-order valence-corrected chi connectivity index (χ1v) is 12.1. The molecule has 0 spiro atoms. The standard InChI is InChI=1S/C21H26N4O3S2/c1-12(2)8-9-25-20(27)18-14-6-4-5-7-15(14)30-19(18)23-21(25)29-11-17(26)22-16-10-13(3)28-24-16/h10,12H,4-9,11H2,1-3H3,(H,22,24,26). The number of thioether (sulfide) groups is 1. The van der Waals surface area contributed by atoms with Gasteiger partial charge in [0.2, 0.25) is 5.91 Å². The molecular weight excluding hydrogens is 420 g/mol. The van der Waals surface area contributed by atoms with E-state index in [1.54, 1.807) is 28.9 Å². The molecule has 160 valence electrons. The van der Waals surface area contributed by atoms with Crippen molar-refractivity contribution >= 4 is 45.0 Å². The average Bonchev–Trinajstić information content (AvgIpc) is 3.28. The van der Waals surface area contributed by atoms with Crippen LogP contribution in [0.15, 0.2) is 20.5 Å². The molecule has 7 nitrogen and oxygen atoms in total. The van der Waals surface area contributed by atoms with Crippen molar-refractivity contribution in [3.8, 4) is 0 Å². The lowest BCUT2D eigenvalue weighted by molar-refractivity contribution is -0.113. The number of nitrogens with one attached hydrogen (secondary N) is 1. The van der Waals surface area contributed by atoms with Crippen LogP contribution in [0.3, 0.4) is 0 Å². The molecule has 1 aliphatic carbocycles. The fourth-order valence-corrected chi connectivity index (χ4v) is 5.78. The Kier molecular flexibility index (Phi) is 6.29. The number of anilines is 1. The van der Waals surface area contributed by atoms with Gasteiger partial charge in [-0.3, -0.25) is 14.2 Å². The van der Waals surface area contributed by atoms with E-state index in [9.17, 15) is 9.59 Å². The molecule has 1 amide bonds. The van der Waals surface area contributed by atoms with Gasteiger partial charge in [-0.15, -0.1) is 11.3 Å². The van der Waals surface area contributed by atoms with Crippen LogP contribution in [0.1, 0.15) is 49.3 Å². The van der Waals surface area contributed by atoms with Gasteiger partial charge < -0.3 is 9.84 Å². The second-order valence-corrected chi connectivity index (χ2v) is 10.1. The van der Waals surface area contributed by atoms with Crippen LogP contribution in [0.4, 0.5) is 5.82 Å². The first kappa shape index (κ1) is 21.1. The van der Waals surface area contributed by atoms with Crippen LogP contribution in [0, 0.1) is 12.8 Å². The molecule has 1 aliphatic rings. The fourth-order valence-electron chi connectivity index (χ4n) is 3.65. The molecule has 0 saturated heterocycles. The van der Waals surface area contributed by atoms with Gasteiger partial charge in [-0.2, -0.15) is 0 Å². The van der Waals surface area contributed by atoms with E-state index in [1.165, 1.54) is 28.6 Å². The molecule has 0 saturated carbocycles. The number of hydrogen-bond donors (Lipinski definition) is 1.